The van der Waals surface area contributed by atoms with Gasteiger partial charge in [0.2, 0.25) is 0 Å². The Balaban J connectivity index is 2.02. The van der Waals surface area contributed by atoms with Crippen LogP contribution in [-0.2, 0) is 4.79 Å². The van der Waals surface area contributed by atoms with Crippen LogP contribution in [-0.4, -0.2) is 34.7 Å². The molecule has 1 saturated heterocycles. The average molecular weight is 417 g/mol. The van der Waals surface area contributed by atoms with Crippen molar-refractivity contribution in [2.24, 2.45) is 0 Å². The van der Waals surface area contributed by atoms with E-state index in [0.29, 0.717) is 0 Å². The van der Waals surface area contributed by atoms with Gasteiger partial charge in [0.1, 0.15) is 5.82 Å². The molecule has 1 aromatic heterocycles. The molecule has 7 nitrogen and oxygen atoms in total. The van der Waals surface area contributed by atoms with Gasteiger partial charge in [0.05, 0.1) is 16.3 Å². The molecule has 28 heavy (non-hydrogen) atoms. The van der Waals surface area contributed by atoms with Crippen molar-refractivity contribution < 1.29 is 31.9 Å². The Morgan fingerprint density at radius 1 is 1.25 bits per heavy atom. The lowest BCUT2D eigenvalue weighted by Gasteiger charge is -2.29. The van der Waals surface area contributed by atoms with Crippen molar-refractivity contribution in [3.8, 4) is 0 Å². The van der Waals surface area contributed by atoms with Gasteiger partial charge in [-0.25, -0.2) is 14.1 Å². The van der Waals surface area contributed by atoms with Crippen molar-refractivity contribution >= 4 is 35.1 Å². The van der Waals surface area contributed by atoms with Crippen molar-refractivity contribution in [2.75, 3.05) is 4.90 Å². The van der Waals surface area contributed by atoms with Crippen LogP contribution in [0.5, 0.6) is 0 Å². The van der Waals surface area contributed by atoms with Crippen LogP contribution in [0.2, 0.25) is 5.02 Å². The van der Waals surface area contributed by atoms with E-state index in [1.165, 1.54) is 29.0 Å². The van der Waals surface area contributed by atoms with Crippen LogP contribution in [0.3, 0.4) is 0 Å². The number of carbonyl (C=O) groups excluding carboxylic acids is 3. The Bertz CT molecular complexity index is 970. The molecule has 1 unspecified atom stereocenters. The largest absolute Gasteiger partial charge is 0.440 e. The average Bonchev–Trinajstić information content (AvgIpc) is 2.89. The Hall–Kier alpha value is -3.21. The zero-order valence-corrected chi connectivity index (χ0v) is 14.3. The molecule has 0 radical (unpaired) electrons. The highest BCUT2D eigenvalue weighted by Crippen LogP contribution is 2.36. The van der Waals surface area contributed by atoms with E-state index in [9.17, 15) is 31.9 Å². The molecule has 4 amide bonds. The summed E-state index contributed by atoms with van der Waals surface area (Å²) in [5, 5.41) is 2.47. The van der Waals surface area contributed by atoms with E-state index in [4.69, 9.17) is 11.6 Å². The Morgan fingerprint density at radius 2 is 1.96 bits per heavy atom. The third-order valence-corrected chi connectivity index (χ3v) is 4.12. The molecule has 2 N–H and O–H groups in total. The molecule has 146 valence electrons. The second-order valence-corrected chi connectivity index (χ2v) is 6.02. The van der Waals surface area contributed by atoms with Crippen LogP contribution in [0, 0.1) is 5.82 Å². The van der Waals surface area contributed by atoms with Crippen molar-refractivity contribution in [2.45, 2.75) is 11.8 Å². The zero-order valence-electron chi connectivity index (χ0n) is 13.6. The molecule has 0 bridgehead atoms. The lowest BCUT2D eigenvalue weighted by atomic mass is 10.1. The fourth-order valence-corrected chi connectivity index (χ4v) is 2.65. The predicted molar refractivity (Wildman–Crippen MR) is 87.9 cm³/mol. The van der Waals surface area contributed by atoms with Crippen LogP contribution >= 0.6 is 11.6 Å². The van der Waals surface area contributed by atoms with E-state index in [-0.39, 0.29) is 10.5 Å². The number of nitrogens with one attached hydrogen (secondary N) is 2. The van der Waals surface area contributed by atoms with Crippen LogP contribution < -0.4 is 15.5 Å². The summed E-state index contributed by atoms with van der Waals surface area (Å²) in [5.41, 5.74) is -4.40. The first kappa shape index (κ1) is 19.5. The highest BCUT2D eigenvalue weighted by Gasteiger charge is 2.69. The minimum Gasteiger partial charge on any atom is -0.314 e. The van der Waals surface area contributed by atoms with Crippen molar-refractivity contribution in [3.05, 3.63) is 59.1 Å². The summed E-state index contributed by atoms with van der Waals surface area (Å²) in [6.07, 6.45) is -3.12. The number of hydrogen-bond donors (Lipinski definition) is 2. The van der Waals surface area contributed by atoms with E-state index >= 15 is 0 Å². The second-order valence-electron chi connectivity index (χ2n) is 5.61. The number of imide groups is 1. The van der Waals surface area contributed by atoms with Crippen molar-refractivity contribution in [3.63, 3.8) is 0 Å². The summed E-state index contributed by atoms with van der Waals surface area (Å²) in [5.74, 6) is -4.02. The third kappa shape index (κ3) is 3.13. The molecule has 1 fully saturated rings. The summed E-state index contributed by atoms with van der Waals surface area (Å²) in [6, 6.07) is 3.48. The lowest BCUT2D eigenvalue weighted by Crippen LogP contribution is -2.69. The number of anilines is 1. The van der Waals surface area contributed by atoms with Gasteiger partial charge in [0.15, 0.2) is 0 Å². The summed E-state index contributed by atoms with van der Waals surface area (Å²) in [7, 11) is 0. The normalized spacial score (nSPS) is 19.5. The summed E-state index contributed by atoms with van der Waals surface area (Å²) >= 11 is 5.57. The van der Waals surface area contributed by atoms with Gasteiger partial charge in [-0.05, 0) is 30.3 Å². The van der Waals surface area contributed by atoms with Crippen LogP contribution in [0.15, 0.2) is 42.7 Å². The molecular weight excluding hydrogens is 408 g/mol. The first-order valence-electron chi connectivity index (χ1n) is 7.48. The van der Waals surface area contributed by atoms with Gasteiger partial charge >= 0.3 is 12.2 Å². The molecule has 2 heterocycles. The van der Waals surface area contributed by atoms with E-state index < -0.39 is 46.2 Å². The molecular formula is C16H9ClF4N4O3. The fourth-order valence-electron chi connectivity index (χ4n) is 2.48. The van der Waals surface area contributed by atoms with Gasteiger partial charge in [-0.2, -0.15) is 13.2 Å². The van der Waals surface area contributed by atoms with Crippen LogP contribution in [0.4, 0.5) is 28.0 Å². The van der Waals surface area contributed by atoms with Crippen LogP contribution in [0.1, 0.15) is 10.4 Å². The van der Waals surface area contributed by atoms with Crippen LogP contribution in [0.25, 0.3) is 0 Å². The zero-order chi connectivity index (χ0) is 20.7. The highest BCUT2D eigenvalue weighted by atomic mass is 35.5. The maximum atomic E-state index is 13.8. The molecule has 1 atom stereocenters. The maximum Gasteiger partial charge on any atom is 0.440 e. The molecule has 1 aromatic carbocycles. The minimum absolute atomic E-state index is 0.113. The molecule has 0 spiro atoms. The van der Waals surface area contributed by atoms with Gasteiger partial charge < -0.3 is 5.32 Å². The molecule has 0 aliphatic carbocycles. The van der Waals surface area contributed by atoms with Gasteiger partial charge in [-0.15, -0.1) is 0 Å². The SMILES string of the molecule is O=C(NC1(C(F)(F)F)NC(=O)N(c2ccc(F)c(Cl)c2)C1=O)c1cccnc1. The van der Waals surface area contributed by atoms with E-state index in [0.717, 1.165) is 24.4 Å². The van der Waals surface area contributed by atoms with E-state index in [2.05, 4.69) is 4.98 Å². The number of pyridine rings is 1. The van der Waals surface area contributed by atoms with Gasteiger partial charge in [-0.1, -0.05) is 11.6 Å². The summed E-state index contributed by atoms with van der Waals surface area (Å²) < 4.78 is 54.6. The topological polar surface area (TPSA) is 91.4 Å². The predicted octanol–water partition coefficient (Wildman–Crippen LogP) is 2.62. The maximum absolute atomic E-state index is 13.8. The Morgan fingerprint density at radius 3 is 2.54 bits per heavy atom. The molecule has 2 aromatic rings. The summed E-state index contributed by atoms with van der Waals surface area (Å²) in [4.78, 5) is 40.7. The summed E-state index contributed by atoms with van der Waals surface area (Å²) in [6.45, 7) is 0. The third-order valence-electron chi connectivity index (χ3n) is 3.83. The van der Waals surface area contributed by atoms with Gasteiger partial charge in [-0.3, -0.25) is 19.9 Å². The first-order valence-corrected chi connectivity index (χ1v) is 7.85. The first-order chi connectivity index (χ1) is 13.1. The number of alkyl halides is 3. The molecule has 12 heteroatoms. The molecule has 0 saturated carbocycles. The number of urea groups is 1. The number of nitrogens with zero attached hydrogens (tertiary/aromatic N) is 2. The molecule has 3 rings (SSSR count). The molecule has 1 aliphatic heterocycles. The standard InChI is InChI=1S/C16H9ClF4N4O3/c17-10-6-9(3-4-11(10)18)25-13(27)15(16(19,20)21,24-14(25)28)23-12(26)8-2-1-5-22-7-8/h1-7H,(H,23,26)(H,24,28). The quantitative estimate of drug-likeness (QED) is 0.594. The molecule has 1 aliphatic rings. The number of rotatable bonds is 3. The van der Waals surface area contributed by atoms with Gasteiger partial charge in [0, 0.05) is 12.4 Å². The Kier molecular flexibility index (Phi) is 4.71. The Labute approximate surface area is 159 Å². The number of carbonyl (C=O) groups is 3. The second kappa shape index (κ2) is 6.75. The smallest absolute Gasteiger partial charge is 0.314 e. The number of aromatic nitrogens is 1. The number of amides is 4. The lowest BCUT2D eigenvalue weighted by molar-refractivity contribution is -0.197. The number of hydrogen-bond acceptors (Lipinski definition) is 4. The van der Waals surface area contributed by atoms with E-state index in [1.807, 2.05) is 0 Å². The number of halogens is 5. The minimum atomic E-state index is -5.39. The number of benzene rings is 1. The monoisotopic (exact) mass is 416 g/mol. The van der Waals surface area contributed by atoms with Crippen molar-refractivity contribution in [1.82, 2.24) is 15.6 Å². The highest BCUT2D eigenvalue weighted by molar-refractivity contribution is 6.31. The fraction of sp³-hybridized carbons (Fsp3) is 0.125. The van der Waals surface area contributed by atoms with Gasteiger partial charge in [0.25, 0.3) is 17.5 Å². The van der Waals surface area contributed by atoms with Crippen molar-refractivity contribution in [1.29, 1.82) is 0 Å². The van der Waals surface area contributed by atoms with E-state index in [1.54, 1.807) is 0 Å².